The molecule has 2 N–H and O–H groups in total. The van der Waals surface area contributed by atoms with E-state index in [1.807, 2.05) is 0 Å². The summed E-state index contributed by atoms with van der Waals surface area (Å²) in [6.07, 6.45) is 0. The molecule has 8 heteroatoms. The first kappa shape index (κ1) is 213. The molecule has 0 saturated carbocycles. The van der Waals surface area contributed by atoms with Crippen LogP contribution in [0.2, 0.25) is 0 Å². The summed E-state index contributed by atoms with van der Waals surface area (Å²) in [7, 11) is 1.00. The molecular formula is CH13F4NO2Si. The molecule has 0 aromatic heterocycles. The SMILES string of the molecule is CO.F.F.F.F.N=O.[SiH4]. The van der Waals surface area contributed by atoms with E-state index in [0.717, 1.165) is 7.11 Å². The van der Waals surface area contributed by atoms with Crippen molar-refractivity contribution in [3.63, 3.8) is 0 Å². The van der Waals surface area contributed by atoms with Gasteiger partial charge in [0.15, 0.2) is 0 Å². The lowest BCUT2D eigenvalue weighted by atomic mass is 11.8. The van der Waals surface area contributed by atoms with Crippen molar-refractivity contribution >= 4 is 11.0 Å². The van der Waals surface area contributed by atoms with E-state index in [1.54, 1.807) is 0 Å². The summed E-state index contributed by atoms with van der Waals surface area (Å²) < 4.78 is 0. The number of hydrogen-bond donors (Lipinski definition) is 2. The fourth-order valence-electron chi connectivity index (χ4n) is 0. The molecule has 0 radical (unpaired) electrons. The normalized spacial score (nSPS) is 1.11. The van der Waals surface area contributed by atoms with Crippen LogP contribution in [0.15, 0.2) is 0 Å². The average molecular weight is 175 g/mol. The van der Waals surface area contributed by atoms with Gasteiger partial charge in [0.1, 0.15) is 0 Å². The second-order valence-electron chi connectivity index (χ2n) is 0. The fraction of sp³-hybridized carbons (Fsp3) is 1.00. The molecule has 0 heterocycles. The zero-order valence-electron chi connectivity index (χ0n) is 3.99. The molecule has 66 valence electrons. The van der Waals surface area contributed by atoms with E-state index < -0.39 is 0 Å². The number of nitroso groups, excluding NO2 is 1. The average Bonchev–Trinajstić information content (AvgIpc) is 1.50. The van der Waals surface area contributed by atoms with Crippen molar-refractivity contribution in [2.24, 2.45) is 0 Å². The largest absolute Gasteiger partial charge is 0.400 e. The number of aliphatic hydroxyl groups is 1. The van der Waals surface area contributed by atoms with Gasteiger partial charge in [-0.05, 0) is 11.0 Å². The summed E-state index contributed by atoms with van der Waals surface area (Å²) >= 11 is 0. The zero-order chi connectivity index (χ0) is 4.00. The van der Waals surface area contributed by atoms with Crippen LogP contribution in [-0.4, -0.2) is 23.2 Å². The molecular weight excluding hydrogens is 162 g/mol. The molecule has 0 aliphatic rings. The summed E-state index contributed by atoms with van der Waals surface area (Å²) in [5.41, 5.74) is 4.50. The summed E-state index contributed by atoms with van der Waals surface area (Å²) in [5.74, 6) is 0. The van der Waals surface area contributed by atoms with E-state index in [2.05, 4.69) is 5.59 Å². The molecule has 0 saturated heterocycles. The molecule has 0 aliphatic carbocycles. The van der Waals surface area contributed by atoms with Gasteiger partial charge in [0.25, 0.3) is 0 Å². The van der Waals surface area contributed by atoms with Gasteiger partial charge in [-0.15, -0.1) is 0 Å². The molecule has 0 bridgehead atoms. The molecule has 0 rings (SSSR count). The topological polar surface area (TPSA) is 61.1 Å². The number of nitrogens with one attached hydrogen (secondary N) is 1. The first-order valence-electron chi connectivity index (χ1n) is 0.651. The lowest BCUT2D eigenvalue weighted by molar-refractivity contribution is 0.399. The van der Waals surface area contributed by atoms with Crippen LogP contribution in [-0.2, 0) is 0 Å². The maximum absolute atomic E-state index is 7.50. The van der Waals surface area contributed by atoms with Gasteiger partial charge < -0.3 is 5.11 Å². The van der Waals surface area contributed by atoms with Crippen LogP contribution in [0.1, 0.15) is 0 Å². The van der Waals surface area contributed by atoms with Crippen molar-refractivity contribution in [2.75, 3.05) is 7.11 Å². The van der Waals surface area contributed by atoms with Crippen LogP contribution >= 0.6 is 0 Å². The summed E-state index contributed by atoms with van der Waals surface area (Å²) in [6, 6.07) is 0. The molecule has 0 aliphatic heterocycles. The Labute approximate surface area is 53.7 Å². The van der Waals surface area contributed by atoms with E-state index in [4.69, 9.17) is 10.0 Å². The predicted octanol–water partition coefficient (Wildman–Crippen LogP) is -0.902. The van der Waals surface area contributed by atoms with E-state index in [1.165, 1.54) is 0 Å². The molecule has 0 fully saturated rings. The second-order valence-corrected chi connectivity index (χ2v) is 0. The van der Waals surface area contributed by atoms with Crippen LogP contribution in [0.3, 0.4) is 0 Å². The Balaban J connectivity index is -0.00000000114. The highest BCUT2D eigenvalue weighted by Gasteiger charge is 0.839. The zero-order valence-corrected chi connectivity index (χ0v) is 3.99. The quantitative estimate of drug-likeness (QED) is 0.285. The Bertz CT molecular complexity index is 18.5. The summed E-state index contributed by atoms with van der Waals surface area (Å²) in [4.78, 5) is 7.50. The van der Waals surface area contributed by atoms with Gasteiger partial charge in [-0.25, -0.2) is 0 Å². The highest BCUT2D eigenvalue weighted by Crippen LogP contribution is 0.767. The number of halogens is 4. The molecule has 0 aromatic carbocycles. The maximum atomic E-state index is 7.50. The van der Waals surface area contributed by atoms with Crippen LogP contribution in [0.5, 0.6) is 0 Å². The lowest BCUT2D eigenvalue weighted by Gasteiger charge is -1.21. The minimum Gasteiger partial charge on any atom is -0.400 e. The third-order valence-corrected chi connectivity index (χ3v) is 0. The third-order valence-electron chi connectivity index (χ3n) is 0. The molecule has 0 spiro atoms. The summed E-state index contributed by atoms with van der Waals surface area (Å²) in [6.45, 7) is 0. The monoisotopic (exact) mass is 175 g/mol. The maximum Gasteiger partial charge on any atom is 0.0319 e. The third kappa shape index (κ3) is 895. The minimum absolute atomic E-state index is 0. The van der Waals surface area contributed by atoms with Crippen molar-refractivity contribution in [1.29, 1.82) is 5.59 Å². The lowest BCUT2D eigenvalue weighted by Crippen LogP contribution is -1.25. The van der Waals surface area contributed by atoms with Crippen LogP contribution < -0.4 is 0 Å². The number of hydrogen-bond acceptors (Lipinski definition) is 3. The van der Waals surface area contributed by atoms with Crippen LogP contribution in [0, 0.1) is 10.5 Å². The van der Waals surface area contributed by atoms with Crippen molar-refractivity contribution in [2.45, 2.75) is 0 Å². The van der Waals surface area contributed by atoms with Gasteiger partial charge in [0.05, 0.1) is 0 Å². The number of rotatable bonds is 0. The first-order valence-corrected chi connectivity index (χ1v) is 0.651. The van der Waals surface area contributed by atoms with Gasteiger partial charge in [0.2, 0.25) is 0 Å². The highest BCUT2D eigenvalue weighted by atomic mass is 28.1. The molecule has 0 amide bonds. The van der Waals surface area contributed by atoms with Crippen molar-refractivity contribution in [3.8, 4) is 0 Å². The first-order chi connectivity index (χ1) is 2.00. The van der Waals surface area contributed by atoms with Gasteiger partial charge in [0, 0.05) is 7.11 Å². The van der Waals surface area contributed by atoms with Crippen molar-refractivity contribution in [1.82, 2.24) is 0 Å². The molecule has 0 unspecified atom stereocenters. The Morgan fingerprint density at radius 2 is 0.889 bits per heavy atom. The predicted molar refractivity (Wildman–Crippen MR) is 35.6 cm³/mol. The van der Waals surface area contributed by atoms with Crippen LogP contribution in [0.25, 0.3) is 0 Å². The highest BCUT2D eigenvalue weighted by molar-refractivity contribution is 5.75. The van der Waals surface area contributed by atoms with E-state index in [9.17, 15) is 0 Å². The molecule has 0 atom stereocenters. The van der Waals surface area contributed by atoms with Gasteiger partial charge in [-0.3, -0.25) is 18.8 Å². The second kappa shape index (κ2) is 1250. The fourth-order valence-corrected chi connectivity index (χ4v) is 0. The Hall–Kier alpha value is -0.503. The van der Waals surface area contributed by atoms with E-state index in [0.29, 0.717) is 0 Å². The molecule has 0 aromatic rings. The van der Waals surface area contributed by atoms with Crippen molar-refractivity contribution in [3.05, 3.63) is 4.91 Å². The van der Waals surface area contributed by atoms with Gasteiger partial charge in [-0.2, -0.15) is 4.91 Å². The minimum atomic E-state index is 0. The van der Waals surface area contributed by atoms with Gasteiger partial charge >= 0.3 is 0 Å². The molecule has 9 heavy (non-hydrogen) atoms. The molecule has 3 nitrogen and oxygen atoms in total. The van der Waals surface area contributed by atoms with E-state index >= 15 is 0 Å². The Kier molecular flexibility index (Phi) is 29600. The summed E-state index contributed by atoms with van der Waals surface area (Å²) in [5, 5.41) is 7.00. The van der Waals surface area contributed by atoms with Crippen LogP contribution in [0.4, 0.5) is 18.8 Å². The van der Waals surface area contributed by atoms with Gasteiger partial charge in [-0.1, -0.05) is 5.59 Å². The Morgan fingerprint density at radius 3 is 0.889 bits per heavy atom. The Morgan fingerprint density at radius 1 is 0.889 bits per heavy atom. The number of aliphatic hydroxyl groups excluding tert-OH is 1. The van der Waals surface area contributed by atoms with Crippen molar-refractivity contribution < 1.29 is 23.9 Å². The standard InChI is InChI=1S/CH4O.4FH.HNO.H4Si/c1-2;;;;;1-2;/h2H,1H3;4*1H;1H;1H4. The smallest absolute Gasteiger partial charge is 0.0319 e. The van der Waals surface area contributed by atoms with E-state index in [-0.39, 0.29) is 29.8 Å².